The minimum Gasteiger partial charge on any atom is -0.467 e. The molecule has 8 nitrogen and oxygen atoms in total. The standard InChI is InChI=1S/C22H20N4O4/c1-14-9-19(26(28)29)6-7-21(14)25-15(2)10-17(16(25)3)11-18(12-23)22(27)24-13-20-5-4-8-30-20/h4-11H,13H2,1-3H3,(H,24,27). The molecule has 0 radical (unpaired) electrons. The Balaban J connectivity index is 1.91. The molecule has 0 saturated carbocycles. The average molecular weight is 404 g/mol. The number of rotatable bonds is 6. The Morgan fingerprint density at radius 2 is 2.07 bits per heavy atom. The van der Waals surface area contributed by atoms with Crippen molar-refractivity contribution >= 4 is 17.7 Å². The van der Waals surface area contributed by atoms with Crippen LogP contribution in [-0.4, -0.2) is 15.4 Å². The zero-order chi connectivity index (χ0) is 21.8. The van der Waals surface area contributed by atoms with E-state index >= 15 is 0 Å². The molecule has 3 rings (SSSR count). The number of benzene rings is 1. The molecule has 8 heteroatoms. The van der Waals surface area contributed by atoms with Crippen LogP contribution in [0.5, 0.6) is 0 Å². The van der Waals surface area contributed by atoms with Gasteiger partial charge >= 0.3 is 0 Å². The maximum Gasteiger partial charge on any atom is 0.269 e. The second kappa shape index (κ2) is 8.49. The van der Waals surface area contributed by atoms with Crippen molar-refractivity contribution in [1.82, 2.24) is 9.88 Å². The largest absolute Gasteiger partial charge is 0.467 e. The fourth-order valence-corrected chi connectivity index (χ4v) is 3.29. The number of hydrogen-bond donors (Lipinski definition) is 1. The first kappa shape index (κ1) is 20.6. The molecule has 0 fully saturated rings. The number of nitro benzene ring substituents is 1. The molecule has 152 valence electrons. The fourth-order valence-electron chi connectivity index (χ4n) is 3.29. The number of aromatic nitrogens is 1. The predicted molar refractivity (Wildman–Crippen MR) is 111 cm³/mol. The first-order valence-corrected chi connectivity index (χ1v) is 9.18. The third-order valence-electron chi connectivity index (χ3n) is 4.77. The lowest BCUT2D eigenvalue weighted by Gasteiger charge is -2.12. The highest BCUT2D eigenvalue weighted by atomic mass is 16.6. The minimum atomic E-state index is -0.495. The Bertz CT molecular complexity index is 1180. The lowest BCUT2D eigenvalue weighted by Crippen LogP contribution is -2.23. The number of nitriles is 1. The zero-order valence-corrected chi connectivity index (χ0v) is 16.8. The maximum atomic E-state index is 12.4. The van der Waals surface area contributed by atoms with E-state index in [4.69, 9.17) is 4.42 Å². The number of amides is 1. The molecule has 0 saturated heterocycles. The fraction of sp³-hybridized carbons (Fsp3) is 0.182. The molecule has 0 aliphatic heterocycles. The molecule has 0 atom stereocenters. The summed E-state index contributed by atoms with van der Waals surface area (Å²) >= 11 is 0. The third-order valence-corrected chi connectivity index (χ3v) is 4.77. The van der Waals surface area contributed by atoms with Crippen LogP contribution in [0.1, 0.15) is 28.3 Å². The van der Waals surface area contributed by atoms with Crippen LogP contribution in [0, 0.1) is 42.2 Å². The first-order chi connectivity index (χ1) is 14.3. The molecule has 1 aromatic carbocycles. The van der Waals surface area contributed by atoms with Gasteiger partial charge in [-0.3, -0.25) is 14.9 Å². The number of hydrogen-bond acceptors (Lipinski definition) is 5. The van der Waals surface area contributed by atoms with Gasteiger partial charge in [-0.05, 0) is 62.2 Å². The molecule has 1 N–H and O–H groups in total. The van der Waals surface area contributed by atoms with Crippen molar-refractivity contribution in [2.24, 2.45) is 0 Å². The Kier molecular flexibility index (Phi) is 5.83. The molecule has 3 aromatic rings. The van der Waals surface area contributed by atoms with Gasteiger partial charge in [-0.25, -0.2) is 0 Å². The van der Waals surface area contributed by atoms with Crippen LogP contribution in [0.2, 0.25) is 0 Å². The van der Waals surface area contributed by atoms with E-state index in [-0.39, 0.29) is 17.8 Å². The second-order valence-corrected chi connectivity index (χ2v) is 6.82. The van der Waals surface area contributed by atoms with Crippen molar-refractivity contribution in [3.8, 4) is 11.8 Å². The molecular formula is C22H20N4O4. The molecule has 0 unspecified atom stereocenters. The number of non-ortho nitro benzene ring substituents is 1. The number of nitrogens with zero attached hydrogens (tertiary/aromatic N) is 3. The quantitative estimate of drug-likeness (QED) is 0.287. The molecule has 0 bridgehead atoms. The van der Waals surface area contributed by atoms with Gasteiger partial charge < -0.3 is 14.3 Å². The van der Waals surface area contributed by atoms with Crippen molar-refractivity contribution in [3.05, 3.63) is 86.6 Å². The Morgan fingerprint density at radius 1 is 1.30 bits per heavy atom. The summed E-state index contributed by atoms with van der Waals surface area (Å²) in [5.41, 5.74) is 3.96. The zero-order valence-electron chi connectivity index (χ0n) is 16.8. The number of nitro groups is 1. The summed E-state index contributed by atoms with van der Waals surface area (Å²) < 4.78 is 7.12. The third kappa shape index (κ3) is 4.15. The molecule has 0 spiro atoms. The van der Waals surface area contributed by atoms with Gasteiger partial charge in [0, 0.05) is 29.2 Å². The Hall–Kier alpha value is -4.12. The summed E-state index contributed by atoms with van der Waals surface area (Å²) in [6.45, 7) is 5.76. The monoisotopic (exact) mass is 404 g/mol. The van der Waals surface area contributed by atoms with Crippen molar-refractivity contribution in [2.45, 2.75) is 27.3 Å². The summed E-state index contributed by atoms with van der Waals surface area (Å²) in [6, 6.07) is 11.9. The lowest BCUT2D eigenvalue weighted by molar-refractivity contribution is -0.384. The number of aryl methyl sites for hydroxylation is 2. The minimum absolute atomic E-state index is 0.0257. The van der Waals surface area contributed by atoms with Crippen LogP contribution < -0.4 is 5.32 Å². The van der Waals surface area contributed by atoms with E-state index in [9.17, 15) is 20.2 Å². The Morgan fingerprint density at radius 3 is 2.67 bits per heavy atom. The van der Waals surface area contributed by atoms with Gasteiger partial charge in [-0.2, -0.15) is 5.26 Å². The van der Waals surface area contributed by atoms with Gasteiger partial charge in [0.15, 0.2) is 0 Å². The first-order valence-electron chi connectivity index (χ1n) is 9.18. The van der Waals surface area contributed by atoms with Crippen LogP contribution in [0.4, 0.5) is 5.69 Å². The molecule has 0 aliphatic rings. The lowest BCUT2D eigenvalue weighted by atomic mass is 10.1. The van der Waals surface area contributed by atoms with E-state index in [0.29, 0.717) is 5.76 Å². The van der Waals surface area contributed by atoms with E-state index < -0.39 is 10.8 Å². The summed E-state index contributed by atoms with van der Waals surface area (Å²) in [5.74, 6) is 0.0951. The van der Waals surface area contributed by atoms with Gasteiger partial charge in [-0.15, -0.1) is 0 Å². The molecule has 1 amide bonds. The van der Waals surface area contributed by atoms with E-state index in [1.54, 1.807) is 25.1 Å². The maximum absolute atomic E-state index is 12.4. The smallest absolute Gasteiger partial charge is 0.269 e. The highest BCUT2D eigenvalue weighted by molar-refractivity contribution is 6.01. The van der Waals surface area contributed by atoms with Gasteiger partial charge in [0.1, 0.15) is 17.4 Å². The van der Waals surface area contributed by atoms with Crippen LogP contribution in [0.3, 0.4) is 0 Å². The van der Waals surface area contributed by atoms with Crippen molar-refractivity contribution < 1.29 is 14.1 Å². The van der Waals surface area contributed by atoms with Gasteiger partial charge in [0.25, 0.3) is 11.6 Å². The van der Waals surface area contributed by atoms with E-state index in [1.807, 2.05) is 30.6 Å². The number of carbonyl (C=O) groups excluding carboxylic acids is 1. The SMILES string of the molecule is Cc1cc([N+](=O)[O-])ccc1-n1c(C)cc(C=C(C#N)C(=O)NCc2ccco2)c1C. The van der Waals surface area contributed by atoms with Crippen molar-refractivity contribution in [3.63, 3.8) is 0 Å². The molecule has 30 heavy (non-hydrogen) atoms. The molecular weight excluding hydrogens is 384 g/mol. The topological polar surface area (TPSA) is 114 Å². The summed E-state index contributed by atoms with van der Waals surface area (Å²) in [6.07, 6.45) is 3.05. The van der Waals surface area contributed by atoms with Crippen LogP contribution in [0.25, 0.3) is 11.8 Å². The van der Waals surface area contributed by atoms with Crippen molar-refractivity contribution in [1.29, 1.82) is 5.26 Å². The average Bonchev–Trinajstić information content (AvgIpc) is 3.32. The summed E-state index contributed by atoms with van der Waals surface area (Å²) in [4.78, 5) is 23.0. The number of nitrogens with one attached hydrogen (secondary N) is 1. The van der Waals surface area contributed by atoms with E-state index in [0.717, 1.165) is 28.2 Å². The van der Waals surface area contributed by atoms with Crippen LogP contribution in [0.15, 0.2) is 52.7 Å². The summed E-state index contributed by atoms with van der Waals surface area (Å²) in [5, 5.41) is 23.1. The normalized spacial score (nSPS) is 11.2. The van der Waals surface area contributed by atoms with Gasteiger partial charge in [0.05, 0.1) is 17.7 Å². The van der Waals surface area contributed by atoms with Gasteiger partial charge in [0.2, 0.25) is 0 Å². The number of furan rings is 1. The van der Waals surface area contributed by atoms with Crippen molar-refractivity contribution in [2.75, 3.05) is 0 Å². The van der Waals surface area contributed by atoms with E-state index in [1.165, 1.54) is 24.5 Å². The molecule has 0 aliphatic carbocycles. The van der Waals surface area contributed by atoms with Crippen LogP contribution >= 0.6 is 0 Å². The highest BCUT2D eigenvalue weighted by Gasteiger charge is 2.16. The number of carbonyl (C=O) groups is 1. The molecule has 2 aromatic heterocycles. The second-order valence-electron chi connectivity index (χ2n) is 6.82. The van der Waals surface area contributed by atoms with E-state index in [2.05, 4.69) is 5.32 Å². The van der Waals surface area contributed by atoms with Gasteiger partial charge in [-0.1, -0.05) is 0 Å². The Labute approximate surface area is 173 Å². The molecule has 2 heterocycles. The van der Waals surface area contributed by atoms with Crippen LogP contribution in [-0.2, 0) is 11.3 Å². The predicted octanol–water partition coefficient (Wildman–Crippen LogP) is 4.13. The highest BCUT2D eigenvalue weighted by Crippen LogP contribution is 2.27. The summed E-state index contributed by atoms with van der Waals surface area (Å²) in [7, 11) is 0.